The van der Waals surface area contributed by atoms with Gasteiger partial charge in [-0.25, -0.2) is 14.6 Å². The molecule has 2 aliphatic heterocycles. The van der Waals surface area contributed by atoms with E-state index in [4.69, 9.17) is 14.9 Å². The van der Waals surface area contributed by atoms with Crippen LogP contribution in [0.5, 0.6) is 0 Å². The molecule has 0 aromatic carbocycles. The van der Waals surface area contributed by atoms with E-state index in [1.807, 2.05) is 0 Å². The molecule has 1 saturated carbocycles. The predicted octanol–water partition coefficient (Wildman–Crippen LogP) is 4.18. The second-order valence-corrected chi connectivity index (χ2v) is 8.79. The van der Waals surface area contributed by atoms with E-state index in [2.05, 4.69) is 20.9 Å². The van der Waals surface area contributed by atoms with Crippen molar-refractivity contribution in [3.05, 3.63) is 11.1 Å². The van der Waals surface area contributed by atoms with Crippen LogP contribution in [-0.4, -0.2) is 58.3 Å². The molecule has 0 radical (unpaired) electrons. The summed E-state index contributed by atoms with van der Waals surface area (Å²) in [6.07, 6.45) is 4.73. The van der Waals surface area contributed by atoms with E-state index in [9.17, 15) is 18.0 Å². The summed E-state index contributed by atoms with van der Waals surface area (Å²) in [7, 11) is 0. The van der Waals surface area contributed by atoms with Gasteiger partial charge in [-0.05, 0) is 38.6 Å². The summed E-state index contributed by atoms with van der Waals surface area (Å²) in [5.41, 5.74) is 1.19. The Bertz CT molecular complexity index is 723. The van der Waals surface area contributed by atoms with Gasteiger partial charge in [0.2, 0.25) is 0 Å². The highest BCUT2D eigenvalue weighted by molar-refractivity contribution is 7.13. The SMILES string of the molecule is O=C(Nc1nc(C2CCCCC2)cs1)N1C2CCNCC1CC2.O=C(O)C(F)(F)F. The van der Waals surface area contributed by atoms with Gasteiger partial charge in [0.1, 0.15) is 0 Å². The van der Waals surface area contributed by atoms with Gasteiger partial charge in [-0.15, -0.1) is 11.3 Å². The molecule has 2 amide bonds. The molecule has 1 aromatic heterocycles. The molecule has 2 bridgehead atoms. The smallest absolute Gasteiger partial charge is 0.475 e. The number of amides is 2. The lowest BCUT2D eigenvalue weighted by atomic mass is 9.87. The molecule has 2 saturated heterocycles. The number of carbonyl (C=O) groups excluding carboxylic acids is 1. The number of hydrogen-bond donors (Lipinski definition) is 3. The second-order valence-electron chi connectivity index (χ2n) is 7.93. The number of carbonyl (C=O) groups is 2. The third-order valence-electron chi connectivity index (χ3n) is 5.89. The van der Waals surface area contributed by atoms with Crippen molar-refractivity contribution < 1.29 is 27.9 Å². The van der Waals surface area contributed by atoms with Crippen molar-refractivity contribution in [2.24, 2.45) is 0 Å². The Hall–Kier alpha value is -1.88. The minimum absolute atomic E-state index is 0.0470. The first kappa shape index (κ1) is 22.8. The number of carboxylic acids is 1. The monoisotopic (exact) mass is 448 g/mol. The molecular weight excluding hydrogens is 421 g/mol. The average molecular weight is 449 g/mol. The van der Waals surface area contributed by atoms with Gasteiger partial charge >= 0.3 is 18.2 Å². The maximum Gasteiger partial charge on any atom is 0.490 e. The van der Waals surface area contributed by atoms with Gasteiger partial charge in [0.15, 0.2) is 5.13 Å². The van der Waals surface area contributed by atoms with E-state index >= 15 is 0 Å². The number of urea groups is 1. The van der Waals surface area contributed by atoms with Gasteiger partial charge in [0.25, 0.3) is 0 Å². The summed E-state index contributed by atoms with van der Waals surface area (Å²) in [5.74, 6) is -2.16. The van der Waals surface area contributed by atoms with Crippen molar-refractivity contribution in [2.45, 2.75) is 75.5 Å². The Morgan fingerprint density at radius 1 is 1.13 bits per heavy atom. The summed E-state index contributed by atoms with van der Waals surface area (Å²) in [6, 6.07) is 0.791. The zero-order valence-corrected chi connectivity index (χ0v) is 17.4. The number of nitrogens with one attached hydrogen (secondary N) is 2. The number of thiazole rings is 1. The number of fused-ring (bicyclic) bond motifs is 2. The van der Waals surface area contributed by atoms with Crippen LogP contribution in [0.4, 0.5) is 23.1 Å². The highest BCUT2D eigenvalue weighted by Gasteiger charge is 2.39. The number of aliphatic carboxylic acids is 1. The topological polar surface area (TPSA) is 94.6 Å². The molecule has 7 nitrogen and oxygen atoms in total. The molecule has 2 atom stereocenters. The van der Waals surface area contributed by atoms with E-state index in [1.54, 1.807) is 11.3 Å². The summed E-state index contributed by atoms with van der Waals surface area (Å²) >= 11 is 1.58. The zero-order valence-electron chi connectivity index (χ0n) is 16.6. The first-order valence-corrected chi connectivity index (χ1v) is 11.2. The summed E-state index contributed by atoms with van der Waals surface area (Å²) < 4.78 is 31.7. The first-order valence-electron chi connectivity index (χ1n) is 10.3. The molecule has 168 valence electrons. The van der Waals surface area contributed by atoms with Crippen LogP contribution < -0.4 is 10.6 Å². The summed E-state index contributed by atoms with van der Waals surface area (Å²) in [5, 5.41) is 16.5. The number of aromatic nitrogens is 1. The molecule has 1 aliphatic carbocycles. The maximum absolute atomic E-state index is 12.7. The van der Waals surface area contributed by atoms with Crippen LogP contribution in [0.25, 0.3) is 0 Å². The molecule has 2 unspecified atom stereocenters. The van der Waals surface area contributed by atoms with Crippen molar-refractivity contribution >= 4 is 28.5 Å². The molecule has 3 N–H and O–H groups in total. The fourth-order valence-corrected chi connectivity index (χ4v) is 5.18. The van der Waals surface area contributed by atoms with Crippen molar-refractivity contribution in [3.8, 4) is 0 Å². The predicted molar refractivity (Wildman–Crippen MR) is 107 cm³/mol. The average Bonchev–Trinajstić information content (AvgIpc) is 3.25. The largest absolute Gasteiger partial charge is 0.490 e. The lowest BCUT2D eigenvalue weighted by Gasteiger charge is -2.27. The number of carboxylic acid groups (broad SMARTS) is 1. The fraction of sp³-hybridized carbons (Fsp3) is 0.737. The van der Waals surface area contributed by atoms with Crippen LogP contribution in [0.3, 0.4) is 0 Å². The number of anilines is 1. The molecule has 3 fully saturated rings. The standard InChI is InChI=1S/C17H26N4OS.C2HF3O2/c22-17(21-13-6-7-14(21)10-18-9-8-13)20-16-19-15(11-23-16)12-4-2-1-3-5-12;3-2(4,5)1(6)7/h11-14,18H,1-10H2,(H,19,20,22);(H,6,7). The van der Waals surface area contributed by atoms with E-state index in [1.165, 1.54) is 37.8 Å². The summed E-state index contributed by atoms with van der Waals surface area (Å²) in [6.45, 7) is 1.95. The molecule has 1 aromatic rings. The van der Waals surface area contributed by atoms with E-state index in [0.29, 0.717) is 18.0 Å². The highest BCUT2D eigenvalue weighted by atomic mass is 32.1. The molecule has 30 heavy (non-hydrogen) atoms. The van der Waals surface area contributed by atoms with Gasteiger partial charge in [0, 0.05) is 29.9 Å². The second kappa shape index (κ2) is 9.95. The van der Waals surface area contributed by atoms with Crippen molar-refractivity contribution in [1.82, 2.24) is 15.2 Å². The Kier molecular flexibility index (Phi) is 7.56. The Morgan fingerprint density at radius 3 is 2.47 bits per heavy atom. The van der Waals surface area contributed by atoms with E-state index < -0.39 is 12.1 Å². The fourth-order valence-electron chi connectivity index (χ4n) is 4.40. The van der Waals surface area contributed by atoms with Gasteiger partial charge in [-0.2, -0.15) is 13.2 Å². The van der Waals surface area contributed by atoms with Crippen LogP contribution in [0, 0.1) is 0 Å². The zero-order chi connectivity index (χ0) is 21.7. The van der Waals surface area contributed by atoms with Gasteiger partial charge in [-0.1, -0.05) is 19.3 Å². The third-order valence-corrected chi connectivity index (χ3v) is 6.67. The van der Waals surface area contributed by atoms with Crippen LogP contribution in [0.2, 0.25) is 0 Å². The van der Waals surface area contributed by atoms with Gasteiger partial charge in [0.05, 0.1) is 5.69 Å². The Balaban J connectivity index is 0.000000318. The van der Waals surface area contributed by atoms with E-state index in [-0.39, 0.29) is 6.03 Å². The normalized spacial score (nSPS) is 24.6. The molecule has 0 spiro atoms. The minimum Gasteiger partial charge on any atom is -0.475 e. The van der Waals surface area contributed by atoms with Crippen LogP contribution in [0.15, 0.2) is 5.38 Å². The number of hydrogen-bond acceptors (Lipinski definition) is 5. The number of halogens is 3. The highest BCUT2D eigenvalue weighted by Crippen LogP contribution is 2.34. The molecule has 3 heterocycles. The first-order chi connectivity index (χ1) is 14.3. The van der Waals surface area contributed by atoms with Crippen LogP contribution in [-0.2, 0) is 4.79 Å². The quantitative estimate of drug-likeness (QED) is 0.631. The van der Waals surface area contributed by atoms with Gasteiger partial charge in [-0.3, -0.25) is 5.32 Å². The van der Waals surface area contributed by atoms with Crippen molar-refractivity contribution in [1.29, 1.82) is 0 Å². The Labute approximate surface area is 177 Å². The van der Waals surface area contributed by atoms with Crippen molar-refractivity contribution in [3.63, 3.8) is 0 Å². The van der Waals surface area contributed by atoms with E-state index in [0.717, 1.165) is 37.5 Å². The molecule has 4 rings (SSSR count). The lowest BCUT2D eigenvalue weighted by Crippen LogP contribution is -2.44. The number of alkyl halides is 3. The summed E-state index contributed by atoms with van der Waals surface area (Å²) in [4.78, 5) is 28.4. The Morgan fingerprint density at radius 2 is 1.80 bits per heavy atom. The molecular formula is C19H27F3N4O3S. The van der Waals surface area contributed by atoms with Gasteiger partial charge < -0.3 is 15.3 Å². The van der Waals surface area contributed by atoms with Crippen LogP contribution >= 0.6 is 11.3 Å². The van der Waals surface area contributed by atoms with Crippen molar-refractivity contribution in [2.75, 3.05) is 18.4 Å². The van der Waals surface area contributed by atoms with Crippen LogP contribution in [0.1, 0.15) is 63.0 Å². The third kappa shape index (κ3) is 5.84. The minimum atomic E-state index is -5.08. The molecule has 11 heteroatoms. The molecule has 3 aliphatic rings. The lowest BCUT2D eigenvalue weighted by molar-refractivity contribution is -0.192. The number of rotatable bonds is 2. The number of nitrogens with zero attached hydrogens (tertiary/aromatic N) is 2. The maximum atomic E-state index is 12.7.